The highest BCUT2D eigenvalue weighted by molar-refractivity contribution is 7.97. The largest absolute Gasteiger partial charge is 0.481 e. The fourth-order valence-electron chi connectivity index (χ4n) is 1.91. The minimum atomic E-state index is -0.781. The molecular weight excluding hydrogens is 268 g/mol. The summed E-state index contributed by atoms with van der Waals surface area (Å²) >= 11 is 1.86. The molecule has 0 aromatic heterocycles. The van der Waals surface area contributed by atoms with Crippen molar-refractivity contribution in [1.82, 2.24) is 0 Å². The van der Waals surface area contributed by atoms with Crippen LogP contribution in [0.2, 0.25) is 0 Å². The first kappa shape index (κ1) is 14.7. The molecule has 2 rings (SSSR count). The number of aliphatic carboxylic acids is 1. The van der Waals surface area contributed by atoms with Gasteiger partial charge in [0.2, 0.25) is 0 Å². The van der Waals surface area contributed by atoms with Gasteiger partial charge in [-0.05, 0) is 23.6 Å². The Hall–Kier alpha value is -1.74. The normalized spacial score (nSPS) is 12.1. The molecule has 1 N–H and O–H groups in total. The van der Waals surface area contributed by atoms with Crippen molar-refractivity contribution in [3.05, 3.63) is 71.3 Å². The second-order valence-corrected chi connectivity index (χ2v) is 5.77. The number of hydrogen-bond donors (Lipinski definition) is 1. The zero-order chi connectivity index (χ0) is 14.4. The number of benzene rings is 2. The van der Waals surface area contributed by atoms with Gasteiger partial charge in [0.15, 0.2) is 0 Å². The average Bonchev–Trinajstić information content (AvgIpc) is 2.48. The highest BCUT2D eigenvalue weighted by atomic mass is 32.2. The molecule has 0 saturated carbocycles. The summed E-state index contributed by atoms with van der Waals surface area (Å²) in [7, 11) is 0. The second kappa shape index (κ2) is 7.15. The molecule has 0 aliphatic carbocycles. The molecule has 1 unspecified atom stereocenters. The van der Waals surface area contributed by atoms with Gasteiger partial charge in [-0.3, -0.25) is 4.79 Å². The number of carboxylic acid groups (broad SMARTS) is 1. The summed E-state index contributed by atoms with van der Waals surface area (Å²) in [6.07, 6.45) is 0. The SMILES string of the molecule is CC(C(=O)O)c1ccc(CSCc2ccccc2)cc1. The number of carbonyl (C=O) groups is 1. The lowest BCUT2D eigenvalue weighted by Crippen LogP contribution is -2.07. The number of thioether (sulfide) groups is 1. The van der Waals surface area contributed by atoms with E-state index in [0.29, 0.717) is 0 Å². The lowest BCUT2D eigenvalue weighted by Gasteiger charge is -2.08. The Morgan fingerprint density at radius 1 is 1.00 bits per heavy atom. The summed E-state index contributed by atoms with van der Waals surface area (Å²) < 4.78 is 0. The van der Waals surface area contributed by atoms with Crippen LogP contribution in [0.4, 0.5) is 0 Å². The fraction of sp³-hybridized carbons (Fsp3) is 0.235. The van der Waals surface area contributed by atoms with E-state index in [2.05, 4.69) is 24.3 Å². The lowest BCUT2D eigenvalue weighted by molar-refractivity contribution is -0.138. The smallest absolute Gasteiger partial charge is 0.310 e. The van der Waals surface area contributed by atoms with Crippen LogP contribution in [0.5, 0.6) is 0 Å². The Kier molecular flexibility index (Phi) is 5.24. The van der Waals surface area contributed by atoms with Crippen molar-refractivity contribution in [2.45, 2.75) is 24.3 Å². The molecule has 1 atom stereocenters. The number of rotatable bonds is 6. The molecule has 0 fully saturated rings. The third kappa shape index (κ3) is 4.14. The van der Waals surface area contributed by atoms with Gasteiger partial charge in [-0.2, -0.15) is 11.8 Å². The van der Waals surface area contributed by atoms with Gasteiger partial charge in [-0.15, -0.1) is 0 Å². The summed E-state index contributed by atoms with van der Waals surface area (Å²) in [5, 5.41) is 8.97. The zero-order valence-electron chi connectivity index (χ0n) is 11.5. The molecule has 0 amide bonds. The summed E-state index contributed by atoms with van der Waals surface area (Å²) in [4.78, 5) is 10.9. The minimum Gasteiger partial charge on any atom is -0.481 e. The average molecular weight is 286 g/mol. The summed E-state index contributed by atoms with van der Waals surface area (Å²) in [5.74, 6) is 0.710. The number of carboxylic acids is 1. The van der Waals surface area contributed by atoms with Crippen molar-refractivity contribution in [1.29, 1.82) is 0 Å². The molecule has 20 heavy (non-hydrogen) atoms. The summed E-state index contributed by atoms with van der Waals surface area (Å²) in [6, 6.07) is 18.3. The maximum absolute atomic E-state index is 10.9. The highest BCUT2D eigenvalue weighted by Crippen LogP contribution is 2.20. The van der Waals surface area contributed by atoms with Crippen molar-refractivity contribution in [2.75, 3.05) is 0 Å². The predicted molar refractivity (Wildman–Crippen MR) is 83.9 cm³/mol. The van der Waals surface area contributed by atoms with E-state index < -0.39 is 11.9 Å². The van der Waals surface area contributed by atoms with Gasteiger partial charge < -0.3 is 5.11 Å². The van der Waals surface area contributed by atoms with Gasteiger partial charge >= 0.3 is 5.97 Å². The van der Waals surface area contributed by atoms with Gasteiger partial charge in [-0.1, -0.05) is 54.6 Å². The topological polar surface area (TPSA) is 37.3 Å². The van der Waals surface area contributed by atoms with E-state index in [1.54, 1.807) is 6.92 Å². The minimum absolute atomic E-state index is 0.443. The predicted octanol–water partition coefficient (Wildman–Crippen LogP) is 4.31. The van der Waals surface area contributed by atoms with E-state index >= 15 is 0 Å². The Labute approximate surface area is 123 Å². The Morgan fingerprint density at radius 3 is 2.10 bits per heavy atom. The van der Waals surface area contributed by atoms with E-state index in [1.807, 2.05) is 42.1 Å². The Balaban J connectivity index is 1.86. The maximum Gasteiger partial charge on any atom is 0.310 e. The molecule has 0 saturated heterocycles. The van der Waals surface area contributed by atoms with E-state index in [0.717, 1.165) is 17.1 Å². The van der Waals surface area contributed by atoms with Crippen LogP contribution >= 0.6 is 11.8 Å². The summed E-state index contributed by atoms with van der Waals surface area (Å²) in [6.45, 7) is 1.71. The van der Waals surface area contributed by atoms with Crippen LogP contribution in [0.1, 0.15) is 29.5 Å². The van der Waals surface area contributed by atoms with E-state index in [-0.39, 0.29) is 0 Å². The quantitative estimate of drug-likeness (QED) is 0.860. The van der Waals surface area contributed by atoms with E-state index in [4.69, 9.17) is 5.11 Å². The lowest BCUT2D eigenvalue weighted by atomic mass is 10.0. The van der Waals surface area contributed by atoms with Gasteiger partial charge in [-0.25, -0.2) is 0 Å². The van der Waals surface area contributed by atoms with Gasteiger partial charge in [0.1, 0.15) is 0 Å². The van der Waals surface area contributed by atoms with Crippen molar-refractivity contribution in [3.63, 3.8) is 0 Å². The van der Waals surface area contributed by atoms with Crippen LogP contribution in [0.25, 0.3) is 0 Å². The van der Waals surface area contributed by atoms with Crippen LogP contribution in [-0.2, 0) is 16.3 Å². The first-order valence-corrected chi connectivity index (χ1v) is 7.75. The molecule has 0 bridgehead atoms. The first-order valence-electron chi connectivity index (χ1n) is 6.60. The Bertz CT molecular complexity index is 549. The second-order valence-electron chi connectivity index (χ2n) is 4.78. The van der Waals surface area contributed by atoms with Gasteiger partial charge in [0, 0.05) is 11.5 Å². The third-order valence-electron chi connectivity index (χ3n) is 3.23. The molecule has 0 heterocycles. The molecule has 2 nitrogen and oxygen atoms in total. The molecule has 2 aromatic rings. The zero-order valence-corrected chi connectivity index (χ0v) is 12.3. The Morgan fingerprint density at radius 2 is 1.55 bits per heavy atom. The van der Waals surface area contributed by atoms with Crippen LogP contribution in [0, 0.1) is 0 Å². The molecular formula is C17H18O2S. The van der Waals surface area contributed by atoms with Crippen LogP contribution < -0.4 is 0 Å². The van der Waals surface area contributed by atoms with E-state index in [9.17, 15) is 4.79 Å². The summed E-state index contributed by atoms with van der Waals surface area (Å²) in [5.41, 5.74) is 3.41. The van der Waals surface area contributed by atoms with Crippen molar-refractivity contribution in [2.24, 2.45) is 0 Å². The molecule has 2 aromatic carbocycles. The number of hydrogen-bond acceptors (Lipinski definition) is 2. The molecule has 104 valence electrons. The highest BCUT2D eigenvalue weighted by Gasteiger charge is 2.12. The molecule has 0 aliphatic heterocycles. The van der Waals surface area contributed by atoms with Crippen molar-refractivity contribution >= 4 is 17.7 Å². The van der Waals surface area contributed by atoms with Crippen LogP contribution in [-0.4, -0.2) is 11.1 Å². The van der Waals surface area contributed by atoms with Crippen LogP contribution in [0.3, 0.4) is 0 Å². The van der Waals surface area contributed by atoms with Crippen molar-refractivity contribution < 1.29 is 9.90 Å². The standard InChI is InChI=1S/C17H18O2S/c1-13(17(18)19)16-9-7-15(8-10-16)12-20-11-14-5-3-2-4-6-14/h2-10,13H,11-12H2,1H3,(H,18,19). The first-order chi connectivity index (χ1) is 9.66. The molecule has 3 heteroatoms. The molecule has 0 aliphatic rings. The molecule has 0 radical (unpaired) electrons. The van der Waals surface area contributed by atoms with E-state index in [1.165, 1.54) is 11.1 Å². The maximum atomic E-state index is 10.9. The monoisotopic (exact) mass is 286 g/mol. The van der Waals surface area contributed by atoms with Crippen molar-refractivity contribution in [3.8, 4) is 0 Å². The molecule has 0 spiro atoms. The van der Waals surface area contributed by atoms with Gasteiger partial charge in [0.25, 0.3) is 0 Å². The third-order valence-corrected chi connectivity index (χ3v) is 4.31. The van der Waals surface area contributed by atoms with Gasteiger partial charge in [0.05, 0.1) is 5.92 Å². The fourth-order valence-corrected chi connectivity index (χ4v) is 2.86. The van der Waals surface area contributed by atoms with Crippen LogP contribution in [0.15, 0.2) is 54.6 Å².